The van der Waals surface area contributed by atoms with E-state index in [0.29, 0.717) is 29.3 Å². The van der Waals surface area contributed by atoms with Gasteiger partial charge in [0.25, 0.3) is 0 Å². The third-order valence-electron chi connectivity index (χ3n) is 6.33. The number of rotatable bonds is 6. The molecule has 0 unspecified atom stereocenters. The Morgan fingerprint density at radius 3 is 2.61 bits per heavy atom. The van der Waals surface area contributed by atoms with Gasteiger partial charge in [-0.3, -0.25) is 4.68 Å². The lowest BCUT2D eigenvalue weighted by Crippen LogP contribution is -2.43. The summed E-state index contributed by atoms with van der Waals surface area (Å²) in [5.74, 6) is 1.19. The van der Waals surface area contributed by atoms with Gasteiger partial charge in [-0.05, 0) is 30.4 Å². The Balaban J connectivity index is 1.47. The molecule has 0 aromatic carbocycles. The summed E-state index contributed by atoms with van der Waals surface area (Å²) in [6, 6.07) is 5.75. The minimum Gasteiger partial charge on any atom is -0.369 e. The first-order valence-electron chi connectivity index (χ1n) is 12.6. The molecule has 0 amide bonds. The molecule has 1 saturated heterocycles. The number of nitrogens with zero attached hydrogens (tertiary/aromatic N) is 7. The maximum absolute atomic E-state index is 12.9. The number of nitrogens with one attached hydrogen (secondary N) is 1. The van der Waals surface area contributed by atoms with Crippen molar-refractivity contribution < 1.29 is 13.2 Å². The smallest absolute Gasteiger partial charge is 0.369 e. The fourth-order valence-corrected chi connectivity index (χ4v) is 4.72. The standard InChI is InChI=1S/C26H32F3N9/c1-25(2,3)15-38-24-17(10-33-38)6-7-22(35-24)34-23-9-21(36-8-4-5-19(30)14-36)20(12-31-23)18-11-32-37(13-18)16-26(27,28)29/h6-7,9-13,19H,4-5,8,14-16,30H2,1-3H3,(H,31,34,35)/t19-/m0/s1. The number of nitrogens with two attached hydrogens (primary N) is 1. The van der Waals surface area contributed by atoms with Gasteiger partial charge in [0, 0.05) is 66.3 Å². The van der Waals surface area contributed by atoms with Crippen molar-refractivity contribution in [1.29, 1.82) is 0 Å². The predicted octanol–water partition coefficient (Wildman–Crippen LogP) is 4.97. The van der Waals surface area contributed by atoms with Gasteiger partial charge in [0.15, 0.2) is 5.65 Å². The van der Waals surface area contributed by atoms with Crippen molar-refractivity contribution in [2.45, 2.75) is 58.9 Å². The third-order valence-corrected chi connectivity index (χ3v) is 6.33. The quantitative estimate of drug-likeness (QED) is 0.365. The number of hydrogen-bond donors (Lipinski definition) is 2. The Labute approximate surface area is 218 Å². The van der Waals surface area contributed by atoms with Crippen LogP contribution in [-0.4, -0.2) is 54.8 Å². The Morgan fingerprint density at radius 1 is 1.05 bits per heavy atom. The lowest BCUT2D eigenvalue weighted by Gasteiger charge is -2.34. The summed E-state index contributed by atoms with van der Waals surface area (Å²) in [5.41, 5.74) is 9.17. The van der Waals surface area contributed by atoms with Gasteiger partial charge in [-0.2, -0.15) is 23.4 Å². The summed E-state index contributed by atoms with van der Waals surface area (Å²) in [5, 5.41) is 12.6. The van der Waals surface area contributed by atoms with Gasteiger partial charge < -0.3 is 16.0 Å². The van der Waals surface area contributed by atoms with E-state index in [-0.39, 0.29) is 11.5 Å². The number of piperidine rings is 1. The molecule has 0 saturated carbocycles. The highest BCUT2D eigenvalue weighted by Gasteiger charge is 2.29. The highest BCUT2D eigenvalue weighted by Crippen LogP contribution is 2.34. The average molecular weight is 528 g/mol. The van der Waals surface area contributed by atoms with Gasteiger partial charge in [0.2, 0.25) is 0 Å². The topological polar surface area (TPSA) is 103 Å². The molecule has 12 heteroatoms. The van der Waals surface area contributed by atoms with Crippen LogP contribution in [0.5, 0.6) is 0 Å². The monoisotopic (exact) mass is 527 g/mol. The minimum absolute atomic E-state index is 0.0151. The van der Waals surface area contributed by atoms with E-state index in [4.69, 9.17) is 10.7 Å². The van der Waals surface area contributed by atoms with E-state index in [2.05, 4.69) is 46.2 Å². The fraction of sp³-hybridized carbons (Fsp3) is 0.462. The molecule has 5 rings (SSSR count). The second-order valence-corrected chi connectivity index (χ2v) is 11.1. The first-order chi connectivity index (χ1) is 17.9. The van der Waals surface area contributed by atoms with Crippen molar-refractivity contribution in [2.24, 2.45) is 11.1 Å². The summed E-state index contributed by atoms with van der Waals surface area (Å²) in [6.07, 6.45) is 3.81. The lowest BCUT2D eigenvalue weighted by molar-refractivity contribution is -0.142. The van der Waals surface area contributed by atoms with Crippen LogP contribution in [0.25, 0.3) is 22.2 Å². The summed E-state index contributed by atoms with van der Waals surface area (Å²) >= 11 is 0. The van der Waals surface area contributed by atoms with Crippen molar-refractivity contribution >= 4 is 28.4 Å². The average Bonchev–Trinajstić information content (AvgIpc) is 3.44. The van der Waals surface area contributed by atoms with Gasteiger partial charge in [-0.15, -0.1) is 0 Å². The second-order valence-electron chi connectivity index (χ2n) is 11.1. The minimum atomic E-state index is -4.35. The van der Waals surface area contributed by atoms with E-state index in [1.165, 1.54) is 12.4 Å². The predicted molar refractivity (Wildman–Crippen MR) is 141 cm³/mol. The number of fused-ring (bicyclic) bond motifs is 1. The number of alkyl halides is 3. The molecule has 0 aliphatic carbocycles. The van der Waals surface area contributed by atoms with Crippen molar-refractivity contribution in [3.8, 4) is 11.1 Å². The SMILES string of the molecule is CC(C)(C)Cn1ncc2ccc(Nc3cc(N4CCC[C@H](N)C4)c(-c4cnn(CC(F)(F)F)c4)cn3)nc21. The van der Waals surface area contributed by atoms with E-state index in [1.54, 1.807) is 6.20 Å². The summed E-state index contributed by atoms with van der Waals surface area (Å²) in [4.78, 5) is 11.5. The fourth-order valence-electron chi connectivity index (χ4n) is 4.72. The van der Waals surface area contributed by atoms with Crippen LogP contribution in [0.2, 0.25) is 0 Å². The van der Waals surface area contributed by atoms with E-state index in [1.807, 2.05) is 29.1 Å². The summed E-state index contributed by atoms with van der Waals surface area (Å²) in [6.45, 7) is 7.45. The van der Waals surface area contributed by atoms with E-state index in [9.17, 15) is 13.2 Å². The number of aromatic nitrogens is 6. The molecule has 1 fully saturated rings. The van der Waals surface area contributed by atoms with Crippen LogP contribution >= 0.6 is 0 Å². The number of hydrogen-bond acceptors (Lipinski definition) is 7. The summed E-state index contributed by atoms with van der Waals surface area (Å²) in [7, 11) is 0. The molecule has 202 valence electrons. The van der Waals surface area contributed by atoms with Crippen molar-refractivity contribution in [1.82, 2.24) is 29.5 Å². The second kappa shape index (κ2) is 9.90. The largest absolute Gasteiger partial charge is 0.408 e. The molecule has 1 aliphatic heterocycles. The van der Waals surface area contributed by atoms with Crippen LogP contribution in [0.15, 0.2) is 43.0 Å². The van der Waals surface area contributed by atoms with E-state index < -0.39 is 12.7 Å². The molecular weight excluding hydrogens is 495 g/mol. The van der Waals surface area contributed by atoms with Crippen LogP contribution in [0, 0.1) is 5.41 Å². The Hall–Kier alpha value is -3.67. The zero-order valence-electron chi connectivity index (χ0n) is 21.7. The van der Waals surface area contributed by atoms with Crippen LogP contribution in [0.1, 0.15) is 33.6 Å². The normalized spacial score (nSPS) is 16.8. The van der Waals surface area contributed by atoms with Crippen molar-refractivity contribution in [3.05, 3.63) is 43.0 Å². The van der Waals surface area contributed by atoms with Crippen molar-refractivity contribution in [3.63, 3.8) is 0 Å². The molecule has 4 aromatic rings. The first-order valence-corrected chi connectivity index (χ1v) is 12.6. The van der Waals surface area contributed by atoms with Gasteiger partial charge in [0.1, 0.15) is 18.2 Å². The van der Waals surface area contributed by atoms with Gasteiger partial charge >= 0.3 is 6.18 Å². The number of anilines is 3. The van der Waals surface area contributed by atoms with E-state index in [0.717, 1.165) is 47.3 Å². The molecule has 9 nitrogen and oxygen atoms in total. The van der Waals surface area contributed by atoms with Crippen LogP contribution in [0.3, 0.4) is 0 Å². The molecule has 0 spiro atoms. The zero-order valence-corrected chi connectivity index (χ0v) is 21.7. The molecule has 3 N–H and O–H groups in total. The van der Waals surface area contributed by atoms with Gasteiger partial charge in [-0.1, -0.05) is 20.8 Å². The molecule has 4 aromatic heterocycles. The Bertz CT molecular complexity index is 1420. The van der Waals surface area contributed by atoms with Crippen molar-refractivity contribution in [2.75, 3.05) is 23.3 Å². The molecule has 5 heterocycles. The molecule has 0 bridgehead atoms. The molecule has 0 radical (unpaired) electrons. The van der Waals surface area contributed by atoms with Gasteiger partial charge in [0.05, 0.1) is 12.4 Å². The third kappa shape index (κ3) is 6.07. The maximum atomic E-state index is 12.9. The molecule has 1 aliphatic rings. The van der Waals surface area contributed by atoms with Gasteiger partial charge in [-0.25, -0.2) is 14.6 Å². The maximum Gasteiger partial charge on any atom is 0.408 e. The Morgan fingerprint density at radius 2 is 1.87 bits per heavy atom. The molecular formula is C26H32F3N9. The van der Waals surface area contributed by atoms with Crippen LogP contribution in [-0.2, 0) is 13.1 Å². The highest BCUT2D eigenvalue weighted by atomic mass is 19.4. The molecule has 1 atom stereocenters. The number of halogens is 3. The number of pyridine rings is 2. The molecule has 38 heavy (non-hydrogen) atoms. The summed E-state index contributed by atoms with van der Waals surface area (Å²) < 4.78 is 41.5. The Kier molecular flexibility index (Phi) is 6.76. The van der Waals surface area contributed by atoms with Crippen LogP contribution < -0.4 is 16.0 Å². The zero-order chi connectivity index (χ0) is 27.1. The van der Waals surface area contributed by atoms with Crippen LogP contribution in [0.4, 0.5) is 30.5 Å². The lowest BCUT2D eigenvalue weighted by atomic mass is 9.97. The highest BCUT2D eigenvalue weighted by molar-refractivity contribution is 5.81. The van der Waals surface area contributed by atoms with E-state index >= 15 is 0 Å². The first kappa shape index (κ1) is 26.0.